The fraction of sp³-hybridized carbons (Fsp3) is 0.833. The molecule has 0 aromatic carbocycles. The Morgan fingerprint density at radius 3 is 2.67 bits per heavy atom. The summed E-state index contributed by atoms with van der Waals surface area (Å²) in [6, 6.07) is 0.299. The summed E-state index contributed by atoms with van der Waals surface area (Å²) in [6.45, 7) is 0.918. The van der Waals surface area contributed by atoms with Gasteiger partial charge in [0.25, 0.3) is 0 Å². The molecule has 2 aliphatic heterocycles. The van der Waals surface area contributed by atoms with E-state index in [1.165, 1.54) is 0 Å². The molecule has 2 bridgehead atoms. The zero-order valence-electron chi connectivity index (χ0n) is 5.00. The molecule has 2 heterocycles. The molecule has 3 fully saturated rings. The number of fused-ring (bicyclic) bond motifs is 1. The number of hydrogen-bond donors (Lipinski definition) is 2. The van der Waals surface area contributed by atoms with E-state index in [9.17, 15) is 4.79 Å². The highest BCUT2D eigenvalue weighted by atomic mass is 16.4. The van der Waals surface area contributed by atoms with Gasteiger partial charge in [0.05, 0.1) is 5.92 Å². The first kappa shape index (κ1) is 5.23. The molecule has 3 aliphatic rings. The smallest absolute Gasteiger partial charge is 0.308 e. The molecule has 0 unspecified atom stereocenters. The first-order valence-corrected chi connectivity index (χ1v) is 3.25. The lowest BCUT2D eigenvalue weighted by Crippen LogP contribution is -2.42. The van der Waals surface area contributed by atoms with Crippen LogP contribution in [0.25, 0.3) is 0 Å². The van der Waals surface area contributed by atoms with Gasteiger partial charge in [-0.3, -0.25) is 4.79 Å². The van der Waals surface area contributed by atoms with Gasteiger partial charge >= 0.3 is 5.97 Å². The monoisotopic (exact) mass is 127 g/mol. The van der Waals surface area contributed by atoms with Crippen LogP contribution in [0.5, 0.6) is 0 Å². The maximum Gasteiger partial charge on any atom is 0.308 e. The van der Waals surface area contributed by atoms with Gasteiger partial charge in [-0.25, -0.2) is 0 Å². The molecule has 0 aromatic rings. The number of nitrogens with one attached hydrogen (secondary N) is 1. The molecule has 9 heavy (non-hydrogen) atoms. The van der Waals surface area contributed by atoms with Crippen LogP contribution >= 0.6 is 0 Å². The van der Waals surface area contributed by atoms with Gasteiger partial charge in [-0.15, -0.1) is 0 Å². The van der Waals surface area contributed by atoms with Gasteiger partial charge < -0.3 is 10.4 Å². The number of carboxylic acid groups (broad SMARTS) is 1. The van der Waals surface area contributed by atoms with Crippen LogP contribution in [0.4, 0.5) is 0 Å². The molecule has 0 aromatic heterocycles. The molecule has 3 nitrogen and oxygen atoms in total. The van der Waals surface area contributed by atoms with Crippen LogP contribution in [0.3, 0.4) is 0 Å². The summed E-state index contributed by atoms with van der Waals surface area (Å²) in [5.41, 5.74) is 0. The number of aliphatic carboxylic acids is 1. The van der Waals surface area contributed by atoms with Gasteiger partial charge in [0.15, 0.2) is 0 Å². The highest BCUT2D eigenvalue weighted by Crippen LogP contribution is 2.39. The minimum Gasteiger partial charge on any atom is -0.481 e. The lowest BCUT2D eigenvalue weighted by Gasteiger charge is -2.30. The minimum atomic E-state index is -0.624. The number of rotatable bonds is 1. The Balaban J connectivity index is 2.10. The SMILES string of the molecule is O=C(O)[C@@H]1[C@@H]2CN[C@H]1C2. The molecule has 3 rings (SSSR count). The summed E-state index contributed by atoms with van der Waals surface area (Å²) >= 11 is 0. The van der Waals surface area contributed by atoms with Crippen molar-refractivity contribution >= 4 is 5.97 Å². The Morgan fingerprint density at radius 1 is 1.67 bits per heavy atom. The zero-order chi connectivity index (χ0) is 6.43. The van der Waals surface area contributed by atoms with E-state index in [1.807, 2.05) is 0 Å². The van der Waals surface area contributed by atoms with E-state index in [4.69, 9.17) is 5.11 Å². The van der Waals surface area contributed by atoms with Gasteiger partial charge in [-0.1, -0.05) is 0 Å². The highest BCUT2D eigenvalue weighted by molar-refractivity contribution is 5.73. The molecule has 2 saturated heterocycles. The van der Waals surface area contributed by atoms with Gasteiger partial charge in [0.2, 0.25) is 0 Å². The van der Waals surface area contributed by atoms with E-state index < -0.39 is 5.97 Å². The Labute approximate surface area is 53.1 Å². The molecule has 3 atom stereocenters. The maximum absolute atomic E-state index is 10.4. The molecule has 0 amide bonds. The van der Waals surface area contributed by atoms with Crippen molar-refractivity contribution in [3.8, 4) is 0 Å². The van der Waals surface area contributed by atoms with Crippen molar-refractivity contribution in [1.82, 2.24) is 5.32 Å². The molecule has 0 spiro atoms. The van der Waals surface area contributed by atoms with Gasteiger partial charge in [-0.05, 0) is 18.9 Å². The molecule has 2 N–H and O–H groups in total. The van der Waals surface area contributed by atoms with E-state index >= 15 is 0 Å². The first-order chi connectivity index (χ1) is 4.29. The van der Waals surface area contributed by atoms with Crippen molar-refractivity contribution in [1.29, 1.82) is 0 Å². The van der Waals surface area contributed by atoms with Crippen LogP contribution in [0, 0.1) is 11.8 Å². The molecule has 1 saturated carbocycles. The Kier molecular flexibility index (Phi) is 0.858. The Bertz CT molecular complexity index is 143. The van der Waals surface area contributed by atoms with Crippen LogP contribution < -0.4 is 5.32 Å². The van der Waals surface area contributed by atoms with Gasteiger partial charge in [0, 0.05) is 6.04 Å². The van der Waals surface area contributed by atoms with Crippen LogP contribution in [-0.2, 0) is 4.79 Å². The predicted octanol–water partition coefficient (Wildman–Crippen LogP) is -0.321. The minimum absolute atomic E-state index is 0.0648. The molecular weight excluding hydrogens is 118 g/mol. The fourth-order valence-electron chi connectivity index (χ4n) is 1.85. The summed E-state index contributed by atoms with van der Waals surface area (Å²) < 4.78 is 0. The van der Waals surface area contributed by atoms with Gasteiger partial charge in [0.1, 0.15) is 0 Å². The summed E-state index contributed by atoms with van der Waals surface area (Å²) in [6.07, 6.45) is 1.08. The molecule has 50 valence electrons. The van der Waals surface area contributed by atoms with Crippen molar-refractivity contribution in [2.75, 3.05) is 6.54 Å². The number of hydrogen-bond acceptors (Lipinski definition) is 2. The number of carboxylic acids is 1. The van der Waals surface area contributed by atoms with Crippen LogP contribution in [0.2, 0.25) is 0 Å². The molecule has 1 aliphatic carbocycles. The van der Waals surface area contributed by atoms with Gasteiger partial charge in [-0.2, -0.15) is 0 Å². The third kappa shape index (κ3) is 0.525. The average Bonchev–Trinajstić information content (AvgIpc) is 2.13. The van der Waals surface area contributed by atoms with E-state index in [1.54, 1.807) is 0 Å². The molecule has 3 heteroatoms. The quantitative estimate of drug-likeness (QED) is 0.507. The van der Waals surface area contributed by atoms with E-state index in [0.29, 0.717) is 12.0 Å². The lowest BCUT2D eigenvalue weighted by atomic mass is 9.74. The second kappa shape index (κ2) is 1.48. The predicted molar refractivity (Wildman–Crippen MR) is 31.0 cm³/mol. The second-order valence-electron chi connectivity index (χ2n) is 2.87. The lowest BCUT2D eigenvalue weighted by molar-refractivity contribution is -0.146. The fourth-order valence-corrected chi connectivity index (χ4v) is 1.85. The zero-order valence-corrected chi connectivity index (χ0v) is 5.00. The van der Waals surface area contributed by atoms with Crippen molar-refractivity contribution in [2.24, 2.45) is 11.8 Å². The summed E-state index contributed by atoms with van der Waals surface area (Å²) in [7, 11) is 0. The third-order valence-electron chi connectivity index (χ3n) is 2.43. The first-order valence-electron chi connectivity index (χ1n) is 3.25. The van der Waals surface area contributed by atoms with E-state index in [-0.39, 0.29) is 5.92 Å². The number of carbonyl (C=O) groups is 1. The molecular formula is C6H9NO2. The summed E-state index contributed by atoms with van der Waals surface area (Å²) in [4.78, 5) is 10.4. The van der Waals surface area contributed by atoms with E-state index in [2.05, 4.69) is 5.32 Å². The third-order valence-corrected chi connectivity index (χ3v) is 2.43. The summed E-state index contributed by atoms with van der Waals surface area (Å²) in [5.74, 6) is -0.251. The van der Waals surface area contributed by atoms with Crippen molar-refractivity contribution in [2.45, 2.75) is 12.5 Å². The average molecular weight is 127 g/mol. The van der Waals surface area contributed by atoms with Crippen LogP contribution in [-0.4, -0.2) is 23.7 Å². The maximum atomic E-state index is 10.4. The standard InChI is InChI=1S/C6H9NO2/c8-6(9)5-3-1-4(5)7-2-3/h3-5,7H,1-2H2,(H,8,9)/t3-,4-,5+/m0/s1. The van der Waals surface area contributed by atoms with Crippen molar-refractivity contribution in [3.05, 3.63) is 0 Å². The normalized spacial score (nSPS) is 46.4. The Hall–Kier alpha value is -0.570. The van der Waals surface area contributed by atoms with E-state index in [0.717, 1.165) is 13.0 Å². The second-order valence-corrected chi connectivity index (χ2v) is 2.87. The van der Waals surface area contributed by atoms with Crippen molar-refractivity contribution < 1.29 is 9.90 Å². The van der Waals surface area contributed by atoms with Crippen LogP contribution in [0.15, 0.2) is 0 Å². The van der Waals surface area contributed by atoms with Crippen molar-refractivity contribution in [3.63, 3.8) is 0 Å². The Morgan fingerprint density at radius 2 is 2.44 bits per heavy atom. The van der Waals surface area contributed by atoms with Crippen LogP contribution in [0.1, 0.15) is 6.42 Å². The summed E-state index contributed by atoms with van der Waals surface area (Å²) in [5, 5.41) is 11.7. The topological polar surface area (TPSA) is 49.3 Å². The highest BCUT2D eigenvalue weighted by Gasteiger charge is 2.50. The molecule has 0 radical (unpaired) electrons. The largest absolute Gasteiger partial charge is 0.481 e.